The molecule has 0 radical (unpaired) electrons. The number of rotatable bonds is 5. The molecule has 5 rings (SSSR count). The molecule has 3 aromatic rings. The number of aromatic nitrogens is 4. The van der Waals surface area contributed by atoms with E-state index >= 15 is 0 Å². The minimum atomic E-state index is -0.452. The summed E-state index contributed by atoms with van der Waals surface area (Å²) < 4.78 is 14.7. The number of phenols is 1. The van der Waals surface area contributed by atoms with Crippen molar-refractivity contribution in [2.24, 2.45) is 0 Å². The number of aromatic amines is 1. The maximum absolute atomic E-state index is 14.7. The van der Waals surface area contributed by atoms with E-state index in [-0.39, 0.29) is 22.4 Å². The monoisotopic (exact) mass is 436 g/mol. The number of piperidine rings is 1. The fraction of sp³-hybridized carbons (Fsp3) is 0.458. The largest absolute Gasteiger partial charge is 0.507 e. The van der Waals surface area contributed by atoms with E-state index in [2.05, 4.69) is 51.4 Å². The van der Waals surface area contributed by atoms with Crippen molar-refractivity contribution < 1.29 is 9.50 Å². The van der Waals surface area contributed by atoms with Crippen molar-refractivity contribution in [3.63, 3.8) is 0 Å². The molecule has 0 spiro atoms. The maximum atomic E-state index is 14.7. The summed E-state index contributed by atoms with van der Waals surface area (Å²) >= 11 is 0. The second-order valence-electron chi connectivity index (χ2n) is 9.71. The van der Waals surface area contributed by atoms with Gasteiger partial charge in [0.25, 0.3) is 0 Å². The molecule has 3 N–H and O–H groups in total. The maximum Gasteiger partial charge on any atom is 0.151 e. The van der Waals surface area contributed by atoms with Crippen molar-refractivity contribution >= 4 is 5.82 Å². The number of fused-ring (bicyclic) bond motifs is 2. The van der Waals surface area contributed by atoms with Crippen LogP contribution in [0, 0.1) is 5.82 Å². The molecule has 0 amide bonds. The summed E-state index contributed by atoms with van der Waals surface area (Å²) in [4.78, 5) is 2.32. The molecule has 0 aliphatic carbocycles. The molecule has 2 aliphatic heterocycles. The summed E-state index contributed by atoms with van der Waals surface area (Å²) in [6.45, 7) is 7.61. The molecule has 0 saturated carbocycles. The van der Waals surface area contributed by atoms with Crippen LogP contribution in [-0.2, 0) is 0 Å². The van der Waals surface area contributed by atoms with Crippen molar-refractivity contribution in [1.82, 2.24) is 25.7 Å². The quantitative estimate of drug-likeness (QED) is 0.554. The molecule has 7 nitrogen and oxygen atoms in total. The van der Waals surface area contributed by atoms with Crippen LogP contribution in [0.5, 0.6) is 5.75 Å². The summed E-state index contributed by atoms with van der Waals surface area (Å²) in [5.74, 6) is 0.310. The lowest BCUT2D eigenvalue weighted by molar-refractivity contribution is 0.205. The van der Waals surface area contributed by atoms with Crippen molar-refractivity contribution in [2.45, 2.75) is 63.6 Å². The lowest BCUT2D eigenvalue weighted by atomic mass is 9.84. The van der Waals surface area contributed by atoms with Crippen LogP contribution in [0.2, 0.25) is 0 Å². The first-order valence-electron chi connectivity index (χ1n) is 11.2. The smallest absolute Gasteiger partial charge is 0.151 e. The average Bonchev–Trinajstić information content (AvgIpc) is 3.36. The predicted molar refractivity (Wildman–Crippen MR) is 122 cm³/mol. The van der Waals surface area contributed by atoms with Gasteiger partial charge in [0.1, 0.15) is 11.6 Å². The highest BCUT2D eigenvalue weighted by atomic mass is 19.1. The Bertz CT molecular complexity index is 1100. The Labute approximate surface area is 187 Å². The standard InChI is InChI=1S/C24H29FN6O/c1-4-31(16-11-23(2)7-8-24(3,12-16)30-23)22-6-5-20(28-29-22)18-9-19(25)17(10-21(18)32)15-13-26-27-14-15/h5-6,9-10,13-14,16,30,32H,4,7-8,11-12H2,1-3H3,(H,26,27)/t16-,23+,24-. The number of hydrogen-bond acceptors (Lipinski definition) is 6. The molecule has 2 bridgehead atoms. The van der Waals surface area contributed by atoms with Crippen molar-refractivity contribution in [1.29, 1.82) is 0 Å². The number of hydrogen-bond donors (Lipinski definition) is 3. The van der Waals surface area contributed by atoms with Gasteiger partial charge in [-0.2, -0.15) is 5.10 Å². The molecule has 2 saturated heterocycles. The number of benzene rings is 1. The molecule has 168 valence electrons. The third kappa shape index (κ3) is 3.62. The van der Waals surface area contributed by atoms with E-state index < -0.39 is 5.82 Å². The number of phenolic OH excluding ortho intramolecular Hbond substituents is 1. The van der Waals surface area contributed by atoms with Crippen molar-refractivity contribution in [3.8, 4) is 28.1 Å². The van der Waals surface area contributed by atoms with Gasteiger partial charge in [0.2, 0.25) is 0 Å². The lowest BCUT2D eigenvalue weighted by Crippen LogP contribution is -2.59. The lowest BCUT2D eigenvalue weighted by Gasteiger charge is -2.46. The van der Waals surface area contributed by atoms with E-state index in [0.29, 0.717) is 22.9 Å². The molecule has 2 aliphatic rings. The van der Waals surface area contributed by atoms with Gasteiger partial charge in [-0.3, -0.25) is 5.10 Å². The summed E-state index contributed by atoms with van der Waals surface area (Å²) in [6, 6.07) is 6.80. The molecule has 4 heterocycles. The van der Waals surface area contributed by atoms with Crippen LogP contribution in [0.3, 0.4) is 0 Å². The minimum Gasteiger partial charge on any atom is -0.507 e. The third-order valence-electron chi connectivity index (χ3n) is 7.10. The van der Waals surface area contributed by atoms with Crippen LogP contribution >= 0.6 is 0 Å². The Morgan fingerprint density at radius 2 is 1.88 bits per heavy atom. The van der Waals surface area contributed by atoms with Crippen LogP contribution in [0.25, 0.3) is 22.4 Å². The molecule has 32 heavy (non-hydrogen) atoms. The first-order chi connectivity index (χ1) is 15.3. The average molecular weight is 437 g/mol. The number of nitrogens with zero attached hydrogens (tertiary/aromatic N) is 4. The fourth-order valence-corrected chi connectivity index (χ4v) is 5.66. The minimum absolute atomic E-state index is 0.0484. The van der Waals surface area contributed by atoms with Gasteiger partial charge >= 0.3 is 0 Å². The Balaban J connectivity index is 1.41. The topological polar surface area (TPSA) is 90.0 Å². The Hall–Kier alpha value is -3.00. The first kappa shape index (κ1) is 20.9. The van der Waals surface area contributed by atoms with E-state index in [9.17, 15) is 9.50 Å². The molecule has 3 atom stereocenters. The Morgan fingerprint density at radius 1 is 1.12 bits per heavy atom. The van der Waals surface area contributed by atoms with Gasteiger partial charge in [-0.15, -0.1) is 10.2 Å². The van der Waals surface area contributed by atoms with Gasteiger partial charge in [-0.1, -0.05) is 0 Å². The summed E-state index contributed by atoms with van der Waals surface area (Å²) in [5, 5.41) is 29.7. The zero-order valence-corrected chi connectivity index (χ0v) is 18.7. The zero-order chi connectivity index (χ0) is 22.5. The van der Waals surface area contributed by atoms with Crippen molar-refractivity contribution in [2.75, 3.05) is 11.4 Å². The van der Waals surface area contributed by atoms with Gasteiger partial charge in [0.15, 0.2) is 5.82 Å². The zero-order valence-electron chi connectivity index (χ0n) is 18.7. The van der Waals surface area contributed by atoms with E-state index in [4.69, 9.17) is 0 Å². The van der Waals surface area contributed by atoms with Crippen molar-refractivity contribution in [3.05, 3.63) is 42.5 Å². The Kier molecular flexibility index (Phi) is 4.93. The molecular weight excluding hydrogens is 407 g/mol. The van der Waals surface area contributed by atoms with Gasteiger partial charge in [0.05, 0.1) is 11.9 Å². The molecule has 0 unspecified atom stereocenters. The summed E-state index contributed by atoms with van der Waals surface area (Å²) in [6.07, 6.45) is 7.63. The molecule has 8 heteroatoms. The number of halogens is 1. The molecule has 2 fully saturated rings. The van der Waals surface area contributed by atoms with Crippen LogP contribution in [-0.4, -0.2) is 49.2 Å². The number of aromatic hydroxyl groups is 1. The van der Waals surface area contributed by atoms with E-state index in [1.54, 1.807) is 12.3 Å². The molecule has 2 aromatic heterocycles. The Morgan fingerprint density at radius 3 is 2.47 bits per heavy atom. The van der Waals surface area contributed by atoms with Gasteiger partial charge in [0, 0.05) is 46.6 Å². The number of anilines is 1. The van der Waals surface area contributed by atoms with E-state index in [1.165, 1.54) is 31.2 Å². The highest BCUT2D eigenvalue weighted by Gasteiger charge is 2.49. The number of H-pyrrole nitrogens is 1. The van der Waals surface area contributed by atoms with E-state index in [1.807, 2.05) is 6.07 Å². The molecular formula is C24H29FN6O. The highest BCUT2D eigenvalue weighted by Crippen LogP contribution is 2.44. The SMILES string of the molecule is CCN(c1ccc(-c2cc(F)c(-c3cn[nH]c3)cc2O)nn1)[C@@H]1C[C@]2(C)CC[C@](C)(C1)N2. The van der Waals surface area contributed by atoms with Gasteiger partial charge in [-0.25, -0.2) is 4.39 Å². The van der Waals surface area contributed by atoms with E-state index in [0.717, 1.165) is 25.2 Å². The van der Waals surface area contributed by atoms with Crippen LogP contribution < -0.4 is 10.2 Å². The highest BCUT2D eigenvalue weighted by molar-refractivity contribution is 5.74. The normalized spacial score (nSPS) is 26.9. The van der Waals surface area contributed by atoms with Crippen LogP contribution in [0.4, 0.5) is 10.2 Å². The number of nitrogens with one attached hydrogen (secondary N) is 2. The fourth-order valence-electron chi connectivity index (χ4n) is 5.66. The summed E-state index contributed by atoms with van der Waals surface area (Å²) in [7, 11) is 0. The van der Waals surface area contributed by atoms with Crippen LogP contribution in [0.15, 0.2) is 36.7 Å². The van der Waals surface area contributed by atoms with Gasteiger partial charge < -0.3 is 15.3 Å². The summed E-state index contributed by atoms with van der Waals surface area (Å²) in [5.41, 5.74) is 1.93. The first-order valence-corrected chi connectivity index (χ1v) is 11.2. The third-order valence-corrected chi connectivity index (χ3v) is 7.10. The second kappa shape index (κ2) is 7.55. The van der Waals surface area contributed by atoms with Crippen LogP contribution in [0.1, 0.15) is 46.5 Å². The van der Waals surface area contributed by atoms with Gasteiger partial charge in [-0.05, 0) is 70.7 Å². The second-order valence-corrected chi connectivity index (χ2v) is 9.71. The molecule has 1 aromatic carbocycles. The predicted octanol–water partition coefficient (Wildman–Crippen LogP) is 4.27.